The molecule has 3 aromatic rings. The van der Waals surface area contributed by atoms with Crippen LogP contribution in [-0.4, -0.2) is 27.7 Å². The van der Waals surface area contributed by atoms with Crippen molar-refractivity contribution in [1.82, 2.24) is 9.55 Å². The van der Waals surface area contributed by atoms with Crippen molar-refractivity contribution in [2.75, 3.05) is 7.11 Å². The fourth-order valence-electron chi connectivity index (χ4n) is 4.58. The molecule has 2 atom stereocenters. The number of benzene rings is 2. The quantitative estimate of drug-likeness (QED) is 0.598. The highest BCUT2D eigenvalue weighted by Crippen LogP contribution is 2.39. The fourth-order valence-corrected chi connectivity index (χ4v) is 4.58. The van der Waals surface area contributed by atoms with Crippen LogP contribution in [0.25, 0.3) is 11.0 Å². The SMILES string of the molecule is CO[C@@H](c1ccccc1)c1nc2cc(F)c(F)cc2n1C(C(=O)O)C1CCCCC1. The number of hydrogen-bond acceptors (Lipinski definition) is 3. The van der Waals surface area contributed by atoms with E-state index in [0.717, 1.165) is 49.8 Å². The summed E-state index contributed by atoms with van der Waals surface area (Å²) in [5.41, 5.74) is 1.26. The van der Waals surface area contributed by atoms with Gasteiger partial charge in [-0.15, -0.1) is 0 Å². The number of fused-ring (bicyclic) bond motifs is 1. The molecule has 2 aromatic carbocycles. The van der Waals surface area contributed by atoms with Crippen molar-refractivity contribution < 1.29 is 23.4 Å². The van der Waals surface area contributed by atoms with Gasteiger partial charge in [-0.3, -0.25) is 0 Å². The number of imidazole rings is 1. The number of hydrogen-bond donors (Lipinski definition) is 1. The predicted molar refractivity (Wildman–Crippen MR) is 108 cm³/mol. The number of methoxy groups -OCH3 is 1. The molecule has 0 aliphatic heterocycles. The monoisotopic (exact) mass is 414 g/mol. The van der Waals surface area contributed by atoms with E-state index in [4.69, 9.17) is 4.74 Å². The maximum absolute atomic E-state index is 14.2. The Balaban J connectivity index is 1.96. The zero-order valence-electron chi connectivity index (χ0n) is 16.7. The number of ether oxygens (including phenoxy) is 1. The Bertz CT molecular complexity index is 1050. The van der Waals surface area contributed by atoms with Gasteiger partial charge in [0.2, 0.25) is 0 Å². The van der Waals surface area contributed by atoms with Gasteiger partial charge in [-0.1, -0.05) is 49.6 Å². The van der Waals surface area contributed by atoms with Crippen molar-refractivity contribution in [1.29, 1.82) is 0 Å². The number of carboxylic acid groups (broad SMARTS) is 1. The molecule has 1 unspecified atom stereocenters. The Morgan fingerprint density at radius 3 is 2.43 bits per heavy atom. The van der Waals surface area contributed by atoms with Crippen molar-refractivity contribution >= 4 is 17.0 Å². The van der Waals surface area contributed by atoms with E-state index in [1.165, 1.54) is 7.11 Å². The molecule has 1 saturated carbocycles. The molecule has 5 nitrogen and oxygen atoms in total. The van der Waals surface area contributed by atoms with Gasteiger partial charge in [0.15, 0.2) is 11.6 Å². The molecule has 0 amide bonds. The summed E-state index contributed by atoms with van der Waals surface area (Å²) in [5, 5.41) is 10.2. The van der Waals surface area contributed by atoms with E-state index in [-0.39, 0.29) is 17.0 Å². The van der Waals surface area contributed by atoms with Gasteiger partial charge in [-0.25, -0.2) is 18.6 Å². The third kappa shape index (κ3) is 3.69. The number of carbonyl (C=O) groups is 1. The molecule has 0 bridgehead atoms. The molecule has 0 radical (unpaired) electrons. The summed E-state index contributed by atoms with van der Waals surface area (Å²) in [6.45, 7) is 0. The summed E-state index contributed by atoms with van der Waals surface area (Å²) in [5.74, 6) is -2.83. The van der Waals surface area contributed by atoms with Gasteiger partial charge in [0, 0.05) is 19.2 Å². The summed E-state index contributed by atoms with van der Waals surface area (Å²) >= 11 is 0. The van der Waals surface area contributed by atoms with Crippen molar-refractivity contribution in [3.63, 3.8) is 0 Å². The molecule has 0 saturated heterocycles. The number of aromatic nitrogens is 2. The van der Waals surface area contributed by atoms with Crippen LogP contribution in [0.4, 0.5) is 8.78 Å². The number of aliphatic carboxylic acids is 1. The standard InChI is InChI=1S/C23H24F2N2O3/c1-30-21(15-10-6-3-7-11-15)22-26-18-12-16(24)17(25)13-19(18)27(22)20(23(28)29)14-8-4-2-5-9-14/h3,6-7,10-14,20-21H,2,4-5,8-9H2,1H3,(H,28,29)/t20?,21-/m0/s1. The maximum Gasteiger partial charge on any atom is 0.327 e. The van der Waals surface area contributed by atoms with Gasteiger partial charge < -0.3 is 14.4 Å². The summed E-state index contributed by atoms with van der Waals surface area (Å²) in [6, 6.07) is 10.4. The van der Waals surface area contributed by atoms with Crippen molar-refractivity contribution in [3.8, 4) is 0 Å². The molecule has 0 spiro atoms. The zero-order chi connectivity index (χ0) is 21.3. The van der Waals surface area contributed by atoms with Gasteiger partial charge >= 0.3 is 5.97 Å². The van der Waals surface area contributed by atoms with Gasteiger partial charge in [-0.2, -0.15) is 0 Å². The van der Waals surface area contributed by atoms with Gasteiger partial charge in [0.05, 0.1) is 11.0 Å². The lowest BCUT2D eigenvalue weighted by Crippen LogP contribution is -2.31. The van der Waals surface area contributed by atoms with Crippen molar-refractivity contribution in [2.24, 2.45) is 5.92 Å². The Morgan fingerprint density at radius 2 is 1.80 bits per heavy atom. The lowest BCUT2D eigenvalue weighted by atomic mass is 9.83. The molecule has 1 N–H and O–H groups in total. The molecule has 1 aliphatic rings. The van der Waals surface area contributed by atoms with E-state index in [1.807, 2.05) is 30.3 Å². The first-order valence-electron chi connectivity index (χ1n) is 10.2. The van der Waals surface area contributed by atoms with Gasteiger partial charge in [0.25, 0.3) is 0 Å². The molecule has 7 heteroatoms. The lowest BCUT2D eigenvalue weighted by Gasteiger charge is -2.31. The number of carboxylic acids is 1. The van der Waals surface area contributed by atoms with E-state index in [1.54, 1.807) is 4.57 Å². The second-order valence-electron chi connectivity index (χ2n) is 7.80. The first-order chi connectivity index (χ1) is 14.5. The van der Waals surface area contributed by atoms with Gasteiger partial charge in [0.1, 0.15) is 18.0 Å². The third-order valence-electron chi connectivity index (χ3n) is 5.96. The molecule has 158 valence electrons. The van der Waals surface area contributed by atoms with Gasteiger partial charge in [-0.05, 0) is 24.3 Å². The summed E-state index contributed by atoms with van der Waals surface area (Å²) in [4.78, 5) is 17.0. The average Bonchev–Trinajstić information content (AvgIpc) is 3.08. The highest BCUT2D eigenvalue weighted by Gasteiger charge is 2.36. The minimum Gasteiger partial charge on any atom is -0.480 e. The van der Waals surface area contributed by atoms with Crippen LogP contribution in [-0.2, 0) is 9.53 Å². The van der Waals surface area contributed by atoms with Crippen LogP contribution in [0.15, 0.2) is 42.5 Å². The van der Waals surface area contributed by atoms with E-state index < -0.39 is 29.7 Å². The van der Waals surface area contributed by atoms with Crippen LogP contribution in [0.1, 0.15) is 55.6 Å². The fraction of sp³-hybridized carbons (Fsp3) is 0.391. The van der Waals surface area contributed by atoms with Crippen molar-refractivity contribution in [3.05, 3.63) is 65.5 Å². The smallest absolute Gasteiger partial charge is 0.327 e. The minimum atomic E-state index is -1.03. The molecule has 1 aromatic heterocycles. The second kappa shape index (κ2) is 8.52. The first-order valence-corrected chi connectivity index (χ1v) is 10.2. The van der Waals surface area contributed by atoms with E-state index >= 15 is 0 Å². The molecule has 1 heterocycles. The zero-order valence-corrected chi connectivity index (χ0v) is 16.7. The third-order valence-corrected chi connectivity index (χ3v) is 5.96. The summed E-state index contributed by atoms with van der Waals surface area (Å²) in [6.07, 6.45) is 3.84. The molecular weight excluding hydrogens is 390 g/mol. The van der Waals surface area contributed by atoms with Crippen LogP contribution in [0.2, 0.25) is 0 Å². The van der Waals surface area contributed by atoms with E-state index in [2.05, 4.69) is 4.98 Å². The summed E-state index contributed by atoms with van der Waals surface area (Å²) in [7, 11) is 1.51. The Kier molecular flexibility index (Phi) is 5.81. The Morgan fingerprint density at radius 1 is 1.13 bits per heavy atom. The minimum absolute atomic E-state index is 0.117. The van der Waals surface area contributed by atoms with Crippen LogP contribution < -0.4 is 0 Å². The van der Waals surface area contributed by atoms with E-state index in [9.17, 15) is 18.7 Å². The number of rotatable bonds is 6. The Hall–Kier alpha value is -2.80. The predicted octanol–water partition coefficient (Wildman–Crippen LogP) is 5.26. The number of halogens is 2. The topological polar surface area (TPSA) is 64.4 Å². The molecule has 1 fully saturated rings. The van der Waals surface area contributed by atoms with Crippen LogP contribution in [0.3, 0.4) is 0 Å². The van der Waals surface area contributed by atoms with Crippen LogP contribution in [0, 0.1) is 17.6 Å². The van der Waals surface area contributed by atoms with Crippen molar-refractivity contribution in [2.45, 2.75) is 44.2 Å². The molecular formula is C23H24F2N2O3. The average molecular weight is 414 g/mol. The van der Waals surface area contributed by atoms with Crippen LogP contribution in [0.5, 0.6) is 0 Å². The largest absolute Gasteiger partial charge is 0.480 e. The van der Waals surface area contributed by atoms with Crippen LogP contribution >= 0.6 is 0 Å². The highest BCUT2D eigenvalue weighted by atomic mass is 19.2. The first kappa shape index (κ1) is 20.5. The normalized spacial score (nSPS) is 17.2. The molecule has 30 heavy (non-hydrogen) atoms. The molecule has 1 aliphatic carbocycles. The lowest BCUT2D eigenvalue weighted by molar-refractivity contribution is -0.143. The Labute approximate surface area is 173 Å². The maximum atomic E-state index is 14.2. The molecule has 4 rings (SSSR count). The highest BCUT2D eigenvalue weighted by molar-refractivity contribution is 5.81. The van der Waals surface area contributed by atoms with E-state index in [0.29, 0.717) is 5.82 Å². The summed E-state index contributed by atoms with van der Waals surface area (Å²) < 4.78 is 35.4. The number of nitrogens with zero attached hydrogens (tertiary/aromatic N) is 2. The second-order valence-corrected chi connectivity index (χ2v) is 7.80.